The van der Waals surface area contributed by atoms with Crippen LogP contribution in [0.15, 0.2) is 84.2 Å². The minimum Gasteiger partial charge on any atom is -0.491 e. The molecule has 3 amide bonds. The van der Waals surface area contributed by atoms with E-state index in [1.165, 1.54) is 4.88 Å². The Labute approximate surface area is 292 Å². The van der Waals surface area contributed by atoms with Crippen LogP contribution in [0.1, 0.15) is 64.1 Å². The van der Waals surface area contributed by atoms with Gasteiger partial charge in [0.05, 0.1) is 18.0 Å². The number of nitrogens with zero attached hydrogens (tertiary/aromatic N) is 2. The van der Waals surface area contributed by atoms with Crippen LogP contribution in [0, 0.1) is 0 Å². The van der Waals surface area contributed by atoms with E-state index in [-0.39, 0.29) is 36.7 Å². The predicted molar refractivity (Wildman–Crippen MR) is 196 cm³/mol. The van der Waals surface area contributed by atoms with E-state index in [9.17, 15) is 14.4 Å². The van der Waals surface area contributed by atoms with Crippen molar-refractivity contribution in [2.75, 3.05) is 43.5 Å². The lowest BCUT2D eigenvalue weighted by Gasteiger charge is -2.31. The molecule has 0 saturated carbocycles. The molecule has 48 heavy (non-hydrogen) atoms. The Morgan fingerprint density at radius 1 is 0.917 bits per heavy atom. The fraction of sp³-hybridized carbons (Fsp3) is 0.342. The highest BCUT2D eigenvalue weighted by molar-refractivity contribution is 7.10. The number of anilines is 2. The van der Waals surface area contributed by atoms with E-state index < -0.39 is 0 Å². The van der Waals surface area contributed by atoms with Crippen LogP contribution < -0.4 is 20.3 Å². The average Bonchev–Trinajstić information content (AvgIpc) is 3.49. The maximum Gasteiger partial charge on any atom is 0.258 e. The maximum absolute atomic E-state index is 13.9. The van der Waals surface area contributed by atoms with Crippen LogP contribution >= 0.6 is 23.7 Å². The number of hydrogen-bond acceptors (Lipinski definition) is 6. The van der Waals surface area contributed by atoms with Crippen molar-refractivity contribution in [3.8, 4) is 16.9 Å². The fourth-order valence-electron chi connectivity index (χ4n) is 6.40. The van der Waals surface area contributed by atoms with Gasteiger partial charge >= 0.3 is 0 Å². The number of amides is 3. The van der Waals surface area contributed by atoms with Gasteiger partial charge in [0.1, 0.15) is 5.75 Å². The molecule has 4 aromatic rings. The first kappa shape index (κ1) is 35.1. The molecule has 6 rings (SSSR count). The molecule has 252 valence electrons. The molecule has 10 heteroatoms. The van der Waals surface area contributed by atoms with Crippen LogP contribution in [0.2, 0.25) is 0 Å². The number of carbonyl (C=O) groups is 3. The lowest BCUT2D eigenvalue weighted by Crippen LogP contribution is -2.43. The van der Waals surface area contributed by atoms with E-state index in [1.54, 1.807) is 35.6 Å². The summed E-state index contributed by atoms with van der Waals surface area (Å²) in [6, 6.07) is 25.0. The zero-order valence-electron chi connectivity index (χ0n) is 27.3. The molecular weight excluding hydrogens is 644 g/mol. The second kappa shape index (κ2) is 16.8. The number of rotatable bonds is 10. The second-order valence-electron chi connectivity index (χ2n) is 12.1. The van der Waals surface area contributed by atoms with Gasteiger partial charge < -0.3 is 25.2 Å². The third-order valence-electron chi connectivity index (χ3n) is 9.08. The van der Waals surface area contributed by atoms with Crippen LogP contribution in [-0.4, -0.2) is 62.0 Å². The van der Waals surface area contributed by atoms with Gasteiger partial charge in [0.2, 0.25) is 5.91 Å². The maximum atomic E-state index is 13.9. The third kappa shape index (κ3) is 8.27. The minimum absolute atomic E-state index is 0. The summed E-state index contributed by atoms with van der Waals surface area (Å²) in [5.74, 6) is 0.169. The predicted octanol–water partition coefficient (Wildman–Crippen LogP) is 7.44. The van der Waals surface area contributed by atoms with E-state index in [0.717, 1.165) is 62.0 Å². The lowest BCUT2D eigenvalue weighted by atomic mass is 9.99. The van der Waals surface area contributed by atoms with E-state index in [1.807, 2.05) is 76.8 Å². The smallest absolute Gasteiger partial charge is 0.258 e. The summed E-state index contributed by atoms with van der Waals surface area (Å²) in [6.45, 7) is 2.45. The number of ether oxygens (including phenoxy) is 1. The first-order valence-electron chi connectivity index (χ1n) is 16.6. The lowest BCUT2D eigenvalue weighted by molar-refractivity contribution is -0.132. The highest BCUT2D eigenvalue weighted by atomic mass is 35.5. The monoisotopic (exact) mass is 686 g/mol. The molecule has 2 aliphatic rings. The third-order valence-corrected chi connectivity index (χ3v) is 10.0. The summed E-state index contributed by atoms with van der Waals surface area (Å²) in [4.78, 5) is 45.5. The number of carbonyl (C=O) groups excluding carboxylic acids is 3. The minimum atomic E-state index is -0.274. The Morgan fingerprint density at radius 2 is 1.69 bits per heavy atom. The quantitative estimate of drug-likeness (QED) is 0.169. The first-order valence-corrected chi connectivity index (χ1v) is 17.5. The zero-order valence-corrected chi connectivity index (χ0v) is 28.9. The molecule has 0 unspecified atom stereocenters. The topological polar surface area (TPSA) is 91.0 Å². The number of nitrogens with one attached hydrogen (secondary N) is 2. The van der Waals surface area contributed by atoms with Gasteiger partial charge in [-0.25, -0.2) is 0 Å². The van der Waals surface area contributed by atoms with Crippen molar-refractivity contribution in [1.29, 1.82) is 0 Å². The molecule has 1 aromatic heterocycles. The van der Waals surface area contributed by atoms with E-state index in [2.05, 4.69) is 10.6 Å². The van der Waals surface area contributed by atoms with Gasteiger partial charge in [-0.15, -0.1) is 23.7 Å². The average molecular weight is 687 g/mol. The van der Waals surface area contributed by atoms with Gasteiger partial charge in [0.25, 0.3) is 11.8 Å². The molecule has 0 atom stereocenters. The molecule has 0 spiro atoms. The second-order valence-corrected chi connectivity index (χ2v) is 13.1. The van der Waals surface area contributed by atoms with Gasteiger partial charge in [-0.1, -0.05) is 48.5 Å². The molecule has 0 radical (unpaired) electrons. The Hall–Kier alpha value is -4.18. The summed E-state index contributed by atoms with van der Waals surface area (Å²) >= 11 is 1.69. The van der Waals surface area contributed by atoms with Crippen LogP contribution in [0.4, 0.5) is 11.4 Å². The van der Waals surface area contributed by atoms with Crippen molar-refractivity contribution < 1.29 is 19.1 Å². The molecular formula is C38H43ClN4O4S. The van der Waals surface area contributed by atoms with Crippen LogP contribution in [0.25, 0.3) is 11.1 Å². The van der Waals surface area contributed by atoms with Crippen LogP contribution in [-0.2, 0) is 11.2 Å². The van der Waals surface area contributed by atoms with E-state index >= 15 is 0 Å². The number of thiophene rings is 1. The molecule has 0 bridgehead atoms. The Kier molecular flexibility index (Phi) is 12.3. The van der Waals surface area contributed by atoms with Crippen molar-refractivity contribution in [2.45, 2.75) is 51.0 Å². The number of aryl methyl sites for hydroxylation is 1. The van der Waals surface area contributed by atoms with Crippen molar-refractivity contribution in [3.05, 3.63) is 100 Å². The van der Waals surface area contributed by atoms with Crippen molar-refractivity contribution in [1.82, 2.24) is 10.2 Å². The SMILES string of the molecule is CNC1CCN(C(=O)CCCOc2cc(C(=O)N3CCCCc4sccc43)ccc2NC(=O)c2ccccc2-c2ccccc2)CC1.Cl. The van der Waals surface area contributed by atoms with Crippen molar-refractivity contribution in [3.63, 3.8) is 0 Å². The Bertz CT molecular complexity index is 1700. The van der Waals surface area contributed by atoms with Gasteiger partial charge in [-0.3, -0.25) is 14.4 Å². The molecule has 8 nitrogen and oxygen atoms in total. The number of likely N-dealkylation sites (tertiary alicyclic amines) is 1. The van der Waals surface area contributed by atoms with Crippen LogP contribution in [0.3, 0.4) is 0 Å². The molecule has 3 heterocycles. The molecule has 3 aromatic carbocycles. The highest BCUT2D eigenvalue weighted by Gasteiger charge is 2.25. The molecule has 1 fully saturated rings. The van der Waals surface area contributed by atoms with Gasteiger partial charge in [-0.05, 0) is 92.4 Å². The normalized spacial score (nSPS) is 14.8. The van der Waals surface area contributed by atoms with Gasteiger partial charge in [0.15, 0.2) is 0 Å². The van der Waals surface area contributed by atoms with E-state index in [4.69, 9.17) is 4.74 Å². The summed E-state index contributed by atoms with van der Waals surface area (Å²) in [6.07, 6.45) is 5.79. The number of fused-ring (bicyclic) bond motifs is 1. The number of piperidine rings is 1. The fourth-order valence-corrected chi connectivity index (χ4v) is 7.33. The number of hydrogen-bond donors (Lipinski definition) is 2. The molecule has 1 saturated heterocycles. The summed E-state index contributed by atoms with van der Waals surface area (Å²) < 4.78 is 6.25. The molecule has 2 N–H and O–H groups in total. The Morgan fingerprint density at radius 3 is 2.48 bits per heavy atom. The summed E-state index contributed by atoms with van der Waals surface area (Å²) in [5.41, 5.74) is 4.25. The zero-order chi connectivity index (χ0) is 32.6. The van der Waals surface area contributed by atoms with E-state index in [0.29, 0.717) is 48.0 Å². The standard InChI is InChI=1S/C38H42N4O4S.ClH/c1-39-29-18-22-41(23-19-29)36(43)15-9-24-46-34-26-28(38(45)42-21-8-7-14-35-33(42)20-25-47-35)16-17-32(34)40-37(44)31-13-6-5-12-30(31)27-10-3-2-4-11-27;/h2-6,10-13,16-17,20,25-26,29,39H,7-9,14-15,18-19,21-24H2,1H3,(H,40,44);1H. The summed E-state index contributed by atoms with van der Waals surface area (Å²) in [7, 11) is 1.97. The molecule has 0 aliphatic carbocycles. The largest absolute Gasteiger partial charge is 0.491 e. The van der Waals surface area contributed by atoms with Crippen LogP contribution in [0.5, 0.6) is 5.75 Å². The van der Waals surface area contributed by atoms with Crippen molar-refractivity contribution in [2.24, 2.45) is 0 Å². The molecule has 2 aliphatic heterocycles. The Balaban J connectivity index is 0.00000451. The number of halogens is 1. The van der Waals surface area contributed by atoms with Gasteiger partial charge in [0, 0.05) is 48.1 Å². The van der Waals surface area contributed by atoms with Gasteiger partial charge in [-0.2, -0.15) is 0 Å². The summed E-state index contributed by atoms with van der Waals surface area (Å²) in [5, 5.41) is 8.39. The number of benzene rings is 3. The van der Waals surface area contributed by atoms with Crippen molar-refractivity contribution >= 4 is 52.8 Å². The highest BCUT2D eigenvalue weighted by Crippen LogP contribution is 2.34. The first-order chi connectivity index (χ1) is 23.0.